The topological polar surface area (TPSA) is 66.8 Å². The molecule has 220 valence electrons. The van der Waals surface area contributed by atoms with Crippen molar-refractivity contribution in [3.05, 3.63) is 0 Å². The number of hydrogen-bond acceptors (Lipinski definition) is 4. The molecule has 4 nitrogen and oxygen atoms in total. The summed E-state index contributed by atoms with van der Waals surface area (Å²) in [7, 11) is 0. The van der Waals surface area contributed by atoms with Gasteiger partial charge in [-0.2, -0.15) is 65.9 Å². The van der Waals surface area contributed by atoms with Gasteiger partial charge in [-0.05, 0) is 19.3 Å². The van der Waals surface area contributed by atoms with Gasteiger partial charge >= 0.3 is 36.9 Å². The van der Waals surface area contributed by atoms with Gasteiger partial charge in [0.25, 0.3) is 11.2 Å². The minimum Gasteiger partial charge on any atom is -0.462 e. The number of carbonyl (C=O) groups excluding carboxylic acids is 1. The van der Waals surface area contributed by atoms with Gasteiger partial charge in [0, 0.05) is 11.8 Å². The summed E-state index contributed by atoms with van der Waals surface area (Å²) in [6.07, 6.45) is -40.8. The van der Waals surface area contributed by atoms with Crippen molar-refractivity contribution >= 4 is 5.97 Å². The van der Waals surface area contributed by atoms with E-state index in [1.807, 2.05) is 0 Å². The lowest BCUT2D eigenvalue weighted by atomic mass is 9.65. The number of hydrogen-bond donors (Lipinski definition) is 2. The van der Waals surface area contributed by atoms with Crippen LogP contribution in [0.5, 0.6) is 0 Å². The Labute approximate surface area is 197 Å². The van der Waals surface area contributed by atoms with Crippen LogP contribution in [-0.4, -0.2) is 64.4 Å². The molecule has 0 amide bonds. The fourth-order valence-electron chi connectivity index (χ4n) is 4.05. The second-order valence-electron chi connectivity index (χ2n) is 8.80. The first-order chi connectivity index (χ1) is 16.0. The zero-order valence-corrected chi connectivity index (χ0v) is 18.4. The van der Waals surface area contributed by atoms with Crippen molar-refractivity contribution in [3.8, 4) is 0 Å². The zero-order valence-electron chi connectivity index (χ0n) is 18.4. The standard InChI is InChI=1S/C18H19F15O4/c1-6(7(2)14(19,20)21)11(34)37-10-4-8(12(35,15(22,23)24)16(25,26)27)3-9(5-10)13(36,17(28,29)30)18(31,32)33/h6-10,35-36H,3-5H2,1-2H3. The van der Waals surface area contributed by atoms with Crippen LogP contribution in [0, 0.1) is 23.7 Å². The van der Waals surface area contributed by atoms with Crippen molar-refractivity contribution in [2.45, 2.75) is 81.3 Å². The number of rotatable bonds is 5. The van der Waals surface area contributed by atoms with Crippen LogP contribution in [0.4, 0.5) is 65.9 Å². The van der Waals surface area contributed by atoms with E-state index in [1.165, 1.54) is 0 Å². The van der Waals surface area contributed by atoms with E-state index < -0.39 is 97.1 Å². The SMILES string of the molecule is CC(C(=O)OC1CC(C(O)(C(F)(F)F)C(F)(F)F)CC(C(O)(C(F)(F)F)C(F)(F)F)C1)C(C)C(F)(F)F. The average Bonchev–Trinajstić information content (AvgIpc) is 2.66. The molecule has 0 aromatic heterocycles. The van der Waals surface area contributed by atoms with Crippen LogP contribution in [-0.2, 0) is 9.53 Å². The van der Waals surface area contributed by atoms with Gasteiger partial charge in [0.1, 0.15) is 6.10 Å². The third-order valence-electron chi connectivity index (χ3n) is 6.50. The van der Waals surface area contributed by atoms with Crippen molar-refractivity contribution < 1.29 is 85.6 Å². The molecule has 0 aromatic rings. The summed E-state index contributed by atoms with van der Waals surface area (Å²) in [6.45, 7) is 0.929. The molecule has 37 heavy (non-hydrogen) atoms. The molecule has 1 saturated carbocycles. The van der Waals surface area contributed by atoms with Gasteiger partial charge in [0.05, 0.1) is 11.8 Å². The summed E-state index contributed by atoms with van der Waals surface area (Å²) >= 11 is 0. The molecule has 0 aromatic carbocycles. The third kappa shape index (κ3) is 6.16. The summed E-state index contributed by atoms with van der Waals surface area (Å²) < 4.78 is 203. The summed E-state index contributed by atoms with van der Waals surface area (Å²) in [4.78, 5) is 12.1. The van der Waals surface area contributed by atoms with Gasteiger partial charge in [-0.1, -0.05) is 13.8 Å². The molecule has 2 N–H and O–H groups in total. The maximum absolute atomic E-state index is 13.3. The highest BCUT2D eigenvalue weighted by atomic mass is 19.4. The van der Waals surface area contributed by atoms with Crippen LogP contribution < -0.4 is 0 Å². The predicted octanol–water partition coefficient (Wildman–Crippen LogP) is 5.86. The predicted molar refractivity (Wildman–Crippen MR) is 89.2 cm³/mol. The van der Waals surface area contributed by atoms with Gasteiger partial charge < -0.3 is 14.9 Å². The Hall–Kier alpha value is -1.66. The van der Waals surface area contributed by atoms with Crippen LogP contribution in [0.2, 0.25) is 0 Å². The molecule has 1 rings (SSSR count). The summed E-state index contributed by atoms with van der Waals surface area (Å²) in [5.74, 6) is -14.0. The Morgan fingerprint density at radius 1 is 0.649 bits per heavy atom. The smallest absolute Gasteiger partial charge is 0.426 e. The first kappa shape index (κ1) is 33.4. The van der Waals surface area contributed by atoms with Gasteiger partial charge in [0.15, 0.2) is 0 Å². The van der Waals surface area contributed by atoms with E-state index in [2.05, 4.69) is 4.74 Å². The van der Waals surface area contributed by atoms with Crippen molar-refractivity contribution in [1.82, 2.24) is 0 Å². The number of halogens is 15. The highest BCUT2D eigenvalue weighted by Crippen LogP contribution is 2.58. The highest BCUT2D eigenvalue weighted by Gasteiger charge is 2.78. The molecule has 1 aliphatic carbocycles. The van der Waals surface area contributed by atoms with E-state index in [1.54, 1.807) is 0 Å². The van der Waals surface area contributed by atoms with Crippen LogP contribution in [0.25, 0.3) is 0 Å². The second-order valence-corrected chi connectivity index (χ2v) is 8.80. The first-order valence-electron chi connectivity index (χ1n) is 10.0. The fraction of sp³-hybridized carbons (Fsp3) is 0.944. The van der Waals surface area contributed by atoms with E-state index >= 15 is 0 Å². The van der Waals surface area contributed by atoms with Crippen molar-refractivity contribution in [2.75, 3.05) is 0 Å². The lowest BCUT2D eigenvalue weighted by Crippen LogP contribution is -2.67. The van der Waals surface area contributed by atoms with Gasteiger partial charge in [-0.15, -0.1) is 0 Å². The van der Waals surface area contributed by atoms with Crippen molar-refractivity contribution in [2.24, 2.45) is 23.7 Å². The molecule has 0 radical (unpaired) electrons. The molecule has 1 aliphatic rings. The van der Waals surface area contributed by atoms with Gasteiger partial charge in [-0.3, -0.25) is 4.79 Å². The number of aliphatic hydroxyl groups is 2. The molecular weight excluding hydrogens is 565 g/mol. The largest absolute Gasteiger partial charge is 0.462 e. The number of ether oxygens (including phenoxy) is 1. The van der Waals surface area contributed by atoms with E-state index in [4.69, 9.17) is 0 Å². The Morgan fingerprint density at radius 3 is 1.19 bits per heavy atom. The minimum absolute atomic E-state index is 0.399. The molecule has 1 fully saturated rings. The minimum atomic E-state index is -6.74. The quantitative estimate of drug-likeness (QED) is 0.314. The van der Waals surface area contributed by atoms with Crippen LogP contribution >= 0.6 is 0 Å². The molecule has 0 aliphatic heterocycles. The van der Waals surface area contributed by atoms with Crippen molar-refractivity contribution in [1.29, 1.82) is 0 Å². The number of esters is 1. The second kappa shape index (κ2) is 9.82. The van der Waals surface area contributed by atoms with E-state index in [-0.39, 0.29) is 0 Å². The average molecular weight is 584 g/mol. The fourth-order valence-corrected chi connectivity index (χ4v) is 4.05. The third-order valence-corrected chi connectivity index (χ3v) is 6.50. The highest BCUT2D eigenvalue weighted by molar-refractivity contribution is 5.72. The zero-order chi connectivity index (χ0) is 29.8. The van der Waals surface area contributed by atoms with Gasteiger partial charge in [-0.25, -0.2) is 0 Å². The van der Waals surface area contributed by atoms with Crippen LogP contribution in [0.3, 0.4) is 0 Å². The Kier molecular flexibility index (Phi) is 8.86. The molecule has 4 atom stereocenters. The Morgan fingerprint density at radius 2 is 0.946 bits per heavy atom. The van der Waals surface area contributed by atoms with E-state index in [0.717, 1.165) is 0 Å². The molecule has 4 unspecified atom stereocenters. The van der Waals surface area contributed by atoms with Crippen LogP contribution in [0.15, 0.2) is 0 Å². The van der Waals surface area contributed by atoms with Gasteiger partial charge in [0.2, 0.25) is 0 Å². The monoisotopic (exact) mass is 584 g/mol. The number of carbonyl (C=O) groups is 1. The van der Waals surface area contributed by atoms with Crippen LogP contribution in [0.1, 0.15) is 33.1 Å². The normalized spacial score (nSPS) is 25.0. The van der Waals surface area contributed by atoms with E-state index in [0.29, 0.717) is 13.8 Å². The lowest BCUT2D eigenvalue weighted by molar-refractivity contribution is -0.405. The molecular formula is C18H19F15O4. The summed E-state index contributed by atoms with van der Waals surface area (Å²) in [5, 5.41) is 19.1. The Bertz CT molecular complexity index is 734. The molecule has 19 heteroatoms. The maximum Gasteiger partial charge on any atom is 0.426 e. The van der Waals surface area contributed by atoms with E-state index in [9.17, 15) is 80.9 Å². The molecule has 0 bridgehead atoms. The summed E-state index contributed by atoms with van der Waals surface area (Å²) in [5.41, 5.74) is -11.9. The Balaban J connectivity index is 3.65. The van der Waals surface area contributed by atoms with Crippen molar-refractivity contribution in [3.63, 3.8) is 0 Å². The lowest BCUT2D eigenvalue weighted by Gasteiger charge is -2.48. The molecule has 0 saturated heterocycles. The maximum atomic E-state index is 13.3. The first-order valence-corrected chi connectivity index (χ1v) is 10.0. The molecule has 0 heterocycles. The molecule has 0 spiro atoms. The number of alkyl halides is 15. The summed E-state index contributed by atoms with van der Waals surface area (Å²) in [6, 6.07) is 0.